The van der Waals surface area contributed by atoms with Gasteiger partial charge in [0.15, 0.2) is 0 Å². The van der Waals surface area contributed by atoms with Gasteiger partial charge in [0.05, 0.1) is 0 Å². The fraction of sp³-hybridized carbons (Fsp3) is 0.926. The monoisotopic (exact) mass is 638 g/mol. The molecule has 180 valence electrons. The summed E-state index contributed by atoms with van der Waals surface area (Å²) in [5.41, 5.74) is 0. The van der Waals surface area contributed by atoms with Gasteiger partial charge in [-0.15, -0.1) is 0 Å². The first-order chi connectivity index (χ1) is 14.5. The van der Waals surface area contributed by atoms with Gasteiger partial charge in [0.25, 0.3) is 0 Å². The van der Waals surface area contributed by atoms with Gasteiger partial charge in [-0.1, -0.05) is 0 Å². The third kappa shape index (κ3) is 22.3. The molecule has 1 N–H and O–H groups in total. The third-order valence-electron chi connectivity index (χ3n) is 6.15. The summed E-state index contributed by atoms with van der Waals surface area (Å²) in [5.74, 6) is 0.984. The van der Waals surface area contributed by atoms with Gasteiger partial charge in [-0.25, -0.2) is 0 Å². The Balaban J connectivity index is 0. The number of allylic oxidation sites excluding steroid dienone is 2. The molecule has 0 aliphatic carbocycles. The summed E-state index contributed by atoms with van der Waals surface area (Å²) in [6.07, 6.45) is 17.5. The van der Waals surface area contributed by atoms with E-state index in [-0.39, 0.29) is 0 Å². The predicted octanol–water partition coefficient (Wildman–Crippen LogP) is 10.5. The first-order valence-corrected chi connectivity index (χ1v) is 25.6. The predicted molar refractivity (Wildman–Crippen MR) is 145 cm³/mol. The van der Waals surface area contributed by atoms with Crippen molar-refractivity contribution in [3.05, 3.63) is 11.8 Å². The third-order valence-corrected chi connectivity index (χ3v) is 24.1. The van der Waals surface area contributed by atoms with E-state index in [1.807, 2.05) is 13.0 Å². The fourth-order valence-electron chi connectivity index (χ4n) is 3.74. The Labute approximate surface area is 206 Å². The van der Waals surface area contributed by atoms with E-state index < -0.39 is 39.5 Å². The summed E-state index contributed by atoms with van der Waals surface area (Å²) < 4.78 is 9.65. The maximum absolute atomic E-state index is 9.67. The van der Waals surface area contributed by atoms with Gasteiger partial charge in [0.1, 0.15) is 0 Å². The SMILES string of the molecule is C/C=C(\O)C(C)C[CH2][Sn]([CH2]CCC)[CH2]CCC.CCC[CH2][Sn]([CH2]CCC)[CH2]CCC. The van der Waals surface area contributed by atoms with Gasteiger partial charge in [0.2, 0.25) is 0 Å². The number of hydrogen-bond donors (Lipinski definition) is 1. The molecule has 0 amide bonds. The van der Waals surface area contributed by atoms with Crippen LogP contribution in [-0.2, 0) is 0 Å². The molecule has 0 rings (SSSR count). The van der Waals surface area contributed by atoms with Crippen LogP contribution in [0.25, 0.3) is 0 Å². The summed E-state index contributed by atoms with van der Waals surface area (Å²) >= 11 is -1.93. The van der Waals surface area contributed by atoms with Crippen LogP contribution in [0.3, 0.4) is 0 Å². The molecule has 0 aliphatic rings. The second kappa shape index (κ2) is 26.4. The molecule has 0 saturated heterocycles. The number of aliphatic hydroxyl groups excluding tert-OH is 1. The van der Waals surface area contributed by atoms with E-state index in [4.69, 9.17) is 0 Å². The Bertz CT molecular complexity index is 330. The number of unbranched alkanes of at least 4 members (excludes halogenated alkanes) is 5. The van der Waals surface area contributed by atoms with Crippen LogP contribution in [0.2, 0.25) is 26.6 Å². The first kappa shape index (κ1) is 33.3. The summed E-state index contributed by atoms with van der Waals surface area (Å²) in [7, 11) is 0. The fourth-order valence-corrected chi connectivity index (χ4v) is 22.6. The van der Waals surface area contributed by atoms with Crippen LogP contribution in [0.15, 0.2) is 11.8 Å². The molecule has 0 aromatic rings. The van der Waals surface area contributed by atoms with E-state index >= 15 is 0 Å². The summed E-state index contributed by atoms with van der Waals surface area (Å²) in [6, 6.07) is 0. The van der Waals surface area contributed by atoms with Crippen molar-refractivity contribution in [1.29, 1.82) is 0 Å². The summed E-state index contributed by atoms with van der Waals surface area (Å²) in [5, 5.41) is 9.67. The molecule has 1 unspecified atom stereocenters. The normalized spacial score (nSPS) is 12.9. The van der Waals surface area contributed by atoms with E-state index in [1.165, 1.54) is 75.1 Å². The van der Waals surface area contributed by atoms with Gasteiger partial charge in [-0.2, -0.15) is 0 Å². The van der Waals surface area contributed by atoms with Crippen LogP contribution in [0.1, 0.15) is 119 Å². The van der Waals surface area contributed by atoms with Crippen molar-refractivity contribution in [2.24, 2.45) is 5.92 Å². The van der Waals surface area contributed by atoms with Crippen molar-refractivity contribution in [3.8, 4) is 0 Å². The molecule has 0 spiro atoms. The van der Waals surface area contributed by atoms with E-state index in [1.54, 1.807) is 22.2 Å². The summed E-state index contributed by atoms with van der Waals surface area (Å²) in [6.45, 7) is 15.7. The van der Waals surface area contributed by atoms with Crippen LogP contribution in [0.4, 0.5) is 0 Å². The molecule has 0 fully saturated rings. The molecule has 0 saturated carbocycles. The van der Waals surface area contributed by atoms with Crippen LogP contribution in [0.5, 0.6) is 0 Å². The maximum atomic E-state index is 9.67. The average molecular weight is 636 g/mol. The molecule has 0 aliphatic heterocycles. The molecule has 30 heavy (non-hydrogen) atoms. The minimum absolute atomic E-state index is 0.388. The van der Waals surface area contributed by atoms with E-state index in [0.29, 0.717) is 11.7 Å². The zero-order valence-electron chi connectivity index (χ0n) is 22.1. The Morgan fingerprint density at radius 2 is 0.933 bits per heavy atom. The van der Waals surface area contributed by atoms with Gasteiger partial charge in [0, 0.05) is 0 Å². The zero-order chi connectivity index (χ0) is 23.0. The Hall–Kier alpha value is 1.14. The summed E-state index contributed by atoms with van der Waals surface area (Å²) in [4.78, 5) is 0. The molecule has 0 aromatic heterocycles. The molecule has 3 heteroatoms. The van der Waals surface area contributed by atoms with Crippen LogP contribution in [0, 0.1) is 5.92 Å². The second-order valence-electron chi connectivity index (χ2n) is 9.17. The van der Waals surface area contributed by atoms with Crippen molar-refractivity contribution in [2.75, 3.05) is 0 Å². The van der Waals surface area contributed by atoms with Gasteiger partial charge >= 0.3 is 208 Å². The molecule has 0 aromatic carbocycles. The van der Waals surface area contributed by atoms with Crippen molar-refractivity contribution < 1.29 is 5.11 Å². The molecule has 1 nitrogen and oxygen atoms in total. The van der Waals surface area contributed by atoms with Crippen molar-refractivity contribution in [3.63, 3.8) is 0 Å². The van der Waals surface area contributed by atoms with Crippen molar-refractivity contribution >= 4 is 39.5 Å². The van der Waals surface area contributed by atoms with Crippen molar-refractivity contribution in [2.45, 2.75) is 146 Å². The van der Waals surface area contributed by atoms with Crippen LogP contribution >= 0.6 is 0 Å². The first-order valence-electron chi connectivity index (χ1n) is 13.5. The Kier molecular flexibility index (Phi) is 29.3. The molecular formula is C27H58OSn2. The average Bonchev–Trinajstić information content (AvgIpc) is 2.77. The van der Waals surface area contributed by atoms with Gasteiger partial charge in [-0.3, -0.25) is 0 Å². The number of aliphatic hydroxyl groups is 1. The number of rotatable bonds is 19. The molecule has 2 radical (unpaired) electrons. The standard InChI is InChI=1S/C7H13O.5C4H9.2Sn/c1-4-6(3)7(8)5-2;5*1-3-4-2;;/h5-6,8H,1,4H2,2-3H3;5*1,3-4H2,2H3;;/b7-5-;;;;;;;. The molecule has 0 heterocycles. The van der Waals surface area contributed by atoms with E-state index in [2.05, 4.69) is 41.5 Å². The van der Waals surface area contributed by atoms with E-state index in [0.717, 1.165) is 0 Å². The van der Waals surface area contributed by atoms with Crippen LogP contribution in [-0.4, -0.2) is 44.6 Å². The van der Waals surface area contributed by atoms with Crippen molar-refractivity contribution in [1.82, 2.24) is 0 Å². The Morgan fingerprint density at radius 1 is 0.633 bits per heavy atom. The molecule has 0 bridgehead atoms. The molecular weight excluding hydrogens is 578 g/mol. The molecule has 1 atom stereocenters. The van der Waals surface area contributed by atoms with Gasteiger partial charge in [-0.05, 0) is 0 Å². The van der Waals surface area contributed by atoms with Gasteiger partial charge < -0.3 is 0 Å². The van der Waals surface area contributed by atoms with Crippen LogP contribution < -0.4 is 0 Å². The van der Waals surface area contributed by atoms with E-state index in [9.17, 15) is 5.11 Å². The number of hydrogen-bond acceptors (Lipinski definition) is 1. The second-order valence-corrected chi connectivity index (χ2v) is 26.3. The zero-order valence-corrected chi connectivity index (χ0v) is 27.8. The minimum atomic E-state index is -1.10. The quantitative estimate of drug-likeness (QED) is 0.111. The topological polar surface area (TPSA) is 20.2 Å². The Morgan fingerprint density at radius 3 is 1.20 bits per heavy atom.